The molecule has 1 N–H and O–H groups in total. The summed E-state index contributed by atoms with van der Waals surface area (Å²) in [4.78, 5) is 29.5. The molecule has 0 bridgehead atoms. The minimum absolute atomic E-state index is 0.0794. The van der Waals surface area contributed by atoms with Crippen LogP contribution < -0.4 is 9.62 Å². The smallest absolute Gasteiger partial charge is 0.244 e. The Morgan fingerprint density at radius 2 is 1.45 bits per heavy atom. The molecular weight excluding hydrogens is 522 g/mol. The van der Waals surface area contributed by atoms with Crippen LogP contribution in [0.1, 0.15) is 48.1 Å². The first-order chi connectivity index (χ1) is 18.9. The summed E-state index contributed by atoms with van der Waals surface area (Å²) in [6.07, 6.45) is 2.14. The van der Waals surface area contributed by atoms with Crippen molar-refractivity contribution in [3.63, 3.8) is 0 Å². The van der Waals surface area contributed by atoms with Crippen LogP contribution in [0.5, 0.6) is 0 Å². The third-order valence-corrected chi connectivity index (χ3v) is 8.23. The number of hydrogen-bond donors (Lipinski definition) is 1. The number of amides is 2. The molecule has 40 heavy (non-hydrogen) atoms. The molecular formula is C32H41N3O4S. The van der Waals surface area contributed by atoms with Crippen molar-refractivity contribution in [3.05, 3.63) is 101 Å². The van der Waals surface area contributed by atoms with Gasteiger partial charge in [-0.3, -0.25) is 13.9 Å². The lowest BCUT2D eigenvalue weighted by molar-refractivity contribution is -0.140. The molecule has 0 saturated carbocycles. The number of carbonyl (C=O) groups is 2. The van der Waals surface area contributed by atoms with Crippen LogP contribution in [0.15, 0.2) is 72.8 Å². The van der Waals surface area contributed by atoms with E-state index in [-0.39, 0.29) is 18.5 Å². The van der Waals surface area contributed by atoms with Crippen LogP contribution >= 0.6 is 0 Å². The monoisotopic (exact) mass is 563 g/mol. The van der Waals surface area contributed by atoms with Crippen LogP contribution in [0.2, 0.25) is 0 Å². The third kappa shape index (κ3) is 8.18. The fraction of sp³-hybridized carbons (Fsp3) is 0.375. The van der Waals surface area contributed by atoms with Gasteiger partial charge in [-0.2, -0.15) is 0 Å². The molecule has 0 fully saturated rings. The fourth-order valence-corrected chi connectivity index (χ4v) is 5.62. The quantitative estimate of drug-likeness (QED) is 0.339. The number of nitrogens with zero attached hydrogens (tertiary/aromatic N) is 2. The number of benzene rings is 3. The van der Waals surface area contributed by atoms with E-state index < -0.39 is 28.5 Å². The first-order valence-electron chi connectivity index (χ1n) is 13.6. The Kier molecular flexibility index (Phi) is 10.5. The normalized spacial score (nSPS) is 12.8. The minimum Gasteiger partial charge on any atom is -0.352 e. The molecule has 3 aromatic carbocycles. The van der Waals surface area contributed by atoms with Gasteiger partial charge >= 0.3 is 0 Å². The topological polar surface area (TPSA) is 86.8 Å². The number of carbonyl (C=O) groups excluding carboxylic acids is 2. The highest BCUT2D eigenvalue weighted by atomic mass is 32.2. The lowest BCUT2D eigenvalue weighted by atomic mass is 10.0. The summed E-state index contributed by atoms with van der Waals surface area (Å²) >= 11 is 0. The fourth-order valence-electron chi connectivity index (χ4n) is 4.66. The SMILES string of the molecule is CCC(C)NC(=O)C(Cc1ccccc1)N(Cc1ccc(C)cc1)C(=O)CN(c1c(C)cccc1C)S(C)(=O)=O. The van der Waals surface area contributed by atoms with Crippen molar-refractivity contribution in [1.29, 1.82) is 0 Å². The molecule has 3 aromatic rings. The third-order valence-electron chi connectivity index (χ3n) is 7.11. The molecule has 0 spiro atoms. The number of aryl methyl sites for hydroxylation is 3. The molecule has 2 unspecified atom stereocenters. The van der Waals surface area contributed by atoms with Gasteiger partial charge < -0.3 is 10.2 Å². The molecule has 0 aliphatic heterocycles. The van der Waals surface area contributed by atoms with Crippen molar-refractivity contribution < 1.29 is 18.0 Å². The number of anilines is 1. The predicted molar refractivity (Wildman–Crippen MR) is 162 cm³/mol. The van der Waals surface area contributed by atoms with E-state index in [1.54, 1.807) is 0 Å². The average molecular weight is 564 g/mol. The van der Waals surface area contributed by atoms with Crippen LogP contribution in [-0.4, -0.2) is 50.0 Å². The minimum atomic E-state index is -3.81. The Bertz CT molecular complexity index is 1390. The van der Waals surface area contributed by atoms with Crippen LogP contribution in [-0.2, 0) is 32.6 Å². The van der Waals surface area contributed by atoms with Crippen LogP contribution in [0.3, 0.4) is 0 Å². The molecule has 8 heteroatoms. The van der Waals surface area contributed by atoms with E-state index in [1.807, 2.05) is 107 Å². The van der Waals surface area contributed by atoms with Crippen LogP contribution in [0.25, 0.3) is 0 Å². The molecule has 0 aromatic heterocycles. The zero-order valence-electron chi connectivity index (χ0n) is 24.3. The molecule has 0 aliphatic carbocycles. The first-order valence-corrected chi connectivity index (χ1v) is 15.5. The maximum Gasteiger partial charge on any atom is 0.244 e. The summed E-state index contributed by atoms with van der Waals surface area (Å²) in [5.74, 6) is -0.717. The van der Waals surface area contributed by atoms with E-state index in [4.69, 9.17) is 0 Å². The Hall–Kier alpha value is -3.65. The summed E-state index contributed by atoms with van der Waals surface area (Å²) in [6, 6.07) is 21.9. The molecule has 7 nitrogen and oxygen atoms in total. The zero-order chi connectivity index (χ0) is 29.4. The molecule has 2 amide bonds. The van der Waals surface area contributed by atoms with Gasteiger partial charge in [-0.1, -0.05) is 85.3 Å². The molecule has 3 rings (SSSR count). The van der Waals surface area contributed by atoms with Crippen LogP contribution in [0, 0.1) is 20.8 Å². The van der Waals surface area contributed by atoms with Crippen molar-refractivity contribution in [2.45, 2.75) is 66.1 Å². The number of nitrogens with one attached hydrogen (secondary N) is 1. The largest absolute Gasteiger partial charge is 0.352 e. The lowest BCUT2D eigenvalue weighted by Gasteiger charge is -2.34. The van der Waals surface area contributed by atoms with Crippen molar-refractivity contribution >= 4 is 27.5 Å². The maximum absolute atomic E-state index is 14.2. The van der Waals surface area contributed by atoms with E-state index >= 15 is 0 Å². The number of rotatable bonds is 12. The highest BCUT2D eigenvalue weighted by Crippen LogP contribution is 2.27. The number of para-hydroxylation sites is 1. The first kappa shape index (κ1) is 30.9. The lowest BCUT2D eigenvalue weighted by Crippen LogP contribution is -2.54. The van der Waals surface area contributed by atoms with Gasteiger partial charge in [0.05, 0.1) is 11.9 Å². The summed E-state index contributed by atoms with van der Waals surface area (Å²) in [6.45, 7) is 9.29. The van der Waals surface area contributed by atoms with E-state index in [0.29, 0.717) is 12.1 Å². The van der Waals surface area contributed by atoms with Gasteiger partial charge in [-0.05, 0) is 56.4 Å². The molecule has 0 heterocycles. The molecule has 2 atom stereocenters. The van der Waals surface area contributed by atoms with E-state index in [1.165, 1.54) is 4.90 Å². The summed E-state index contributed by atoms with van der Waals surface area (Å²) in [7, 11) is -3.81. The van der Waals surface area contributed by atoms with Gasteiger partial charge in [-0.15, -0.1) is 0 Å². The Balaban J connectivity index is 2.09. The summed E-state index contributed by atoms with van der Waals surface area (Å²) in [5, 5.41) is 3.05. The van der Waals surface area contributed by atoms with Gasteiger partial charge in [-0.25, -0.2) is 8.42 Å². The van der Waals surface area contributed by atoms with E-state index in [2.05, 4.69) is 5.32 Å². The van der Waals surface area contributed by atoms with Gasteiger partial charge in [0.1, 0.15) is 12.6 Å². The number of hydrogen-bond acceptors (Lipinski definition) is 4. The van der Waals surface area contributed by atoms with Crippen LogP contribution in [0.4, 0.5) is 5.69 Å². The highest BCUT2D eigenvalue weighted by molar-refractivity contribution is 7.92. The molecule has 0 aliphatic rings. The number of sulfonamides is 1. The second-order valence-electron chi connectivity index (χ2n) is 10.5. The van der Waals surface area contributed by atoms with E-state index in [9.17, 15) is 18.0 Å². The standard InChI is InChI=1S/C32H41N3O4S/c1-7-26(5)33-32(37)29(20-27-14-9-8-10-15-27)34(21-28-18-16-23(2)17-19-28)30(36)22-35(40(6,38)39)31-24(3)12-11-13-25(31)4/h8-19,26,29H,7,20-22H2,1-6H3,(H,33,37). The van der Waals surface area contributed by atoms with Gasteiger partial charge in [0.15, 0.2) is 0 Å². The zero-order valence-corrected chi connectivity index (χ0v) is 25.2. The molecule has 0 radical (unpaired) electrons. The second kappa shape index (κ2) is 13.6. The Morgan fingerprint density at radius 3 is 2.00 bits per heavy atom. The summed E-state index contributed by atoms with van der Waals surface area (Å²) < 4.78 is 27.3. The maximum atomic E-state index is 14.2. The van der Waals surface area contributed by atoms with E-state index in [0.717, 1.165) is 44.8 Å². The van der Waals surface area contributed by atoms with Crippen molar-refractivity contribution in [3.8, 4) is 0 Å². The summed E-state index contributed by atoms with van der Waals surface area (Å²) in [5.41, 5.74) is 4.82. The Morgan fingerprint density at radius 1 is 0.850 bits per heavy atom. The van der Waals surface area contributed by atoms with Gasteiger partial charge in [0.25, 0.3) is 0 Å². The van der Waals surface area contributed by atoms with Gasteiger partial charge in [0, 0.05) is 19.0 Å². The Labute approximate surface area is 239 Å². The van der Waals surface area contributed by atoms with Gasteiger partial charge in [0.2, 0.25) is 21.8 Å². The molecule has 0 saturated heterocycles. The highest BCUT2D eigenvalue weighted by Gasteiger charge is 2.34. The second-order valence-corrected chi connectivity index (χ2v) is 12.4. The predicted octanol–water partition coefficient (Wildman–Crippen LogP) is 4.93. The van der Waals surface area contributed by atoms with Crippen molar-refractivity contribution in [2.75, 3.05) is 17.1 Å². The average Bonchev–Trinajstić information content (AvgIpc) is 2.90. The van der Waals surface area contributed by atoms with Crippen molar-refractivity contribution in [1.82, 2.24) is 10.2 Å². The van der Waals surface area contributed by atoms with Crippen molar-refractivity contribution in [2.24, 2.45) is 0 Å². The molecule has 214 valence electrons.